The lowest BCUT2D eigenvalue weighted by molar-refractivity contribution is 0.484. The van der Waals surface area contributed by atoms with Gasteiger partial charge in [0.2, 0.25) is 0 Å². The van der Waals surface area contributed by atoms with Gasteiger partial charge in [0.25, 0.3) is 6.01 Å². The van der Waals surface area contributed by atoms with Gasteiger partial charge in [0.1, 0.15) is 5.76 Å². The van der Waals surface area contributed by atoms with Gasteiger partial charge in [-0.3, -0.25) is 0 Å². The zero-order valence-corrected chi connectivity index (χ0v) is 8.57. The number of nitrogens with two attached hydrogens (primary N) is 1. The zero-order valence-electron chi connectivity index (χ0n) is 8.57. The summed E-state index contributed by atoms with van der Waals surface area (Å²) in [6.07, 6.45) is 5.04. The summed E-state index contributed by atoms with van der Waals surface area (Å²) in [5.74, 6) is 0.891. The SMILES string of the molecule is CC(N)Cc1cnc(N2CCCC2)o1. The fourth-order valence-corrected chi connectivity index (χ4v) is 1.76. The van der Waals surface area contributed by atoms with Crippen LogP contribution in [-0.4, -0.2) is 24.1 Å². The second-order valence-corrected chi connectivity index (χ2v) is 3.98. The molecule has 1 fully saturated rings. The molecule has 1 unspecified atom stereocenters. The highest BCUT2D eigenvalue weighted by atomic mass is 16.4. The third-order valence-corrected chi connectivity index (χ3v) is 2.44. The molecule has 4 nitrogen and oxygen atoms in total. The molecule has 0 amide bonds. The normalized spacial score (nSPS) is 18.9. The van der Waals surface area contributed by atoms with E-state index >= 15 is 0 Å². The first-order valence-electron chi connectivity index (χ1n) is 5.21. The van der Waals surface area contributed by atoms with Crippen LogP contribution in [0.5, 0.6) is 0 Å². The van der Waals surface area contributed by atoms with Gasteiger partial charge >= 0.3 is 0 Å². The molecule has 0 bridgehead atoms. The summed E-state index contributed by atoms with van der Waals surface area (Å²) in [4.78, 5) is 6.44. The van der Waals surface area contributed by atoms with E-state index in [9.17, 15) is 0 Å². The van der Waals surface area contributed by atoms with Crippen LogP contribution < -0.4 is 10.6 Å². The minimum atomic E-state index is 0.134. The Kier molecular flexibility index (Phi) is 2.72. The second-order valence-electron chi connectivity index (χ2n) is 3.98. The van der Waals surface area contributed by atoms with E-state index in [1.807, 2.05) is 6.92 Å². The Balaban J connectivity index is 2.01. The molecule has 0 aromatic carbocycles. The molecule has 4 heteroatoms. The minimum absolute atomic E-state index is 0.134. The standard InChI is InChI=1S/C10H17N3O/c1-8(11)6-9-7-12-10(14-9)13-4-2-3-5-13/h7-8H,2-6,11H2,1H3. The van der Waals surface area contributed by atoms with E-state index in [4.69, 9.17) is 10.2 Å². The van der Waals surface area contributed by atoms with Gasteiger partial charge in [0, 0.05) is 25.6 Å². The summed E-state index contributed by atoms with van der Waals surface area (Å²) in [7, 11) is 0. The van der Waals surface area contributed by atoms with Gasteiger partial charge in [-0.15, -0.1) is 0 Å². The average Bonchev–Trinajstić information content (AvgIpc) is 2.69. The molecular weight excluding hydrogens is 178 g/mol. The lowest BCUT2D eigenvalue weighted by Gasteiger charge is -2.10. The van der Waals surface area contributed by atoms with Crippen molar-refractivity contribution < 1.29 is 4.42 Å². The van der Waals surface area contributed by atoms with Gasteiger partial charge in [-0.25, -0.2) is 4.98 Å². The third kappa shape index (κ3) is 2.07. The summed E-state index contributed by atoms with van der Waals surface area (Å²) >= 11 is 0. The fraction of sp³-hybridized carbons (Fsp3) is 0.700. The fourth-order valence-electron chi connectivity index (χ4n) is 1.76. The number of hydrogen-bond acceptors (Lipinski definition) is 4. The molecule has 0 saturated carbocycles. The van der Waals surface area contributed by atoms with Crippen molar-refractivity contribution in [2.75, 3.05) is 18.0 Å². The van der Waals surface area contributed by atoms with Gasteiger partial charge in [-0.05, 0) is 19.8 Å². The molecule has 1 aromatic heterocycles. The van der Waals surface area contributed by atoms with E-state index < -0.39 is 0 Å². The van der Waals surface area contributed by atoms with Crippen molar-refractivity contribution in [2.24, 2.45) is 5.73 Å². The Morgan fingerprint density at radius 3 is 2.93 bits per heavy atom. The number of rotatable bonds is 3. The molecule has 1 aromatic rings. The van der Waals surface area contributed by atoms with Gasteiger partial charge in [0.15, 0.2) is 0 Å². The first-order chi connectivity index (χ1) is 6.75. The van der Waals surface area contributed by atoms with Crippen LogP contribution in [0.25, 0.3) is 0 Å². The topological polar surface area (TPSA) is 55.3 Å². The van der Waals surface area contributed by atoms with Crippen LogP contribution in [0.2, 0.25) is 0 Å². The Labute approximate surface area is 84.1 Å². The van der Waals surface area contributed by atoms with Crippen molar-refractivity contribution >= 4 is 6.01 Å². The van der Waals surface area contributed by atoms with E-state index in [1.54, 1.807) is 6.20 Å². The molecule has 78 valence electrons. The van der Waals surface area contributed by atoms with Crippen LogP contribution in [0.15, 0.2) is 10.6 Å². The number of oxazole rings is 1. The molecule has 0 radical (unpaired) electrons. The molecule has 2 N–H and O–H groups in total. The van der Waals surface area contributed by atoms with Crippen molar-refractivity contribution in [2.45, 2.75) is 32.2 Å². The number of aromatic nitrogens is 1. The summed E-state index contributed by atoms with van der Waals surface area (Å²) < 4.78 is 5.61. The summed E-state index contributed by atoms with van der Waals surface area (Å²) in [6.45, 7) is 4.11. The van der Waals surface area contributed by atoms with Gasteiger partial charge in [-0.1, -0.05) is 0 Å². The van der Waals surface area contributed by atoms with Crippen LogP contribution in [0.3, 0.4) is 0 Å². The molecule has 1 atom stereocenters. The third-order valence-electron chi connectivity index (χ3n) is 2.44. The quantitative estimate of drug-likeness (QED) is 0.786. The second kappa shape index (κ2) is 4.00. The van der Waals surface area contributed by atoms with E-state index in [1.165, 1.54) is 12.8 Å². The van der Waals surface area contributed by atoms with Gasteiger partial charge in [-0.2, -0.15) is 0 Å². The Morgan fingerprint density at radius 1 is 1.57 bits per heavy atom. The van der Waals surface area contributed by atoms with E-state index in [2.05, 4.69) is 9.88 Å². The van der Waals surface area contributed by atoms with Crippen LogP contribution in [0.1, 0.15) is 25.5 Å². The zero-order chi connectivity index (χ0) is 9.97. The predicted octanol–water partition coefficient (Wildman–Crippen LogP) is 1.16. The molecule has 0 aliphatic carbocycles. The van der Waals surface area contributed by atoms with E-state index in [-0.39, 0.29) is 6.04 Å². The molecule has 1 aliphatic heterocycles. The first kappa shape index (κ1) is 9.52. The van der Waals surface area contributed by atoms with Crippen molar-refractivity contribution in [3.63, 3.8) is 0 Å². The van der Waals surface area contributed by atoms with E-state index in [0.717, 1.165) is 31.3 Å². The average molecular weight is 195 g/mol. The van der Waals surface area contributed by atoms with Gasteiger partial charge < -0.3 is 15.1 Å². The summed E-state index contributed by atoms with van der Waals surface area (Å²) in [6, 6.07) is 0.896. The molecule has 2 rings (SSSR count). The van der Waals surface area contributed by atoms with Crippen LogP contribution in [-0.2, 0) is 6.42 Å². The Bertz CT molecular complexity index is 289. The smallest absolute Gasteiger partial charge is 0.297 e. The number of hydrogen-bond donors (Lipinski definition) is 1. The van der Waals surface area contributed by atoms with Crippen molar-refractivity contribution in [1.82, 2.24) is 4.98 Å². The lowest BCUT2D eigenvalue weighted by Crippen LogP contribution is -2.18. The molecular formula is C10H17N3O. The molecule has 0 spiro atoms. The van der Waals surface area contributed by atoms with Gasteiger partial charge in [0.05, 0.1) is 6.20 Å². The maximum atomic E-state index is 5.69. The van der Waals surface area contributed by atoms with Crippen LogP contribution in [0, 0.1) is 0 Å². The highest BCUT2D eigenvalue weighted by Gasteiger charge is 2.17. The predicted molar refractivity (Wildman–Crippen MR) is 55.3 cm³/mol. The monoisotopic (exact) mass is 195 g/mol. The van der Waals surface area contributed by atoms with Crippen LogP contribution >= 0.6 is 0 Å². The highest BCUT2D eigenvalue weighted by Crippen LogP contribution is 2.19. The minimum Gasteiger partial charge on any atom is -0.429 e. The van der Waals surface area contributed by atoms with Crippen LogP contribution in [0.4, 0.5) is 6.01 Å². The van der Waals surface area contributed by atoms with E-state index in [0.29, 0.717) is 0 Å². The maximum Gasteiger partial charge on any atom is 0.297 e. The highest BCUT2D eigenvalue weighted by molar-refractivity contribution is 5.27. The summed E-state index contributed by atoms with van der Waals surface area (Å²) in [5.41, 5.74) is 5.69. The Morgan fingerprint density at radius 2 is 2.29 bits per heavy atom. The maximum absolute atomic E-state index is 5.69. The van der Waals surface area contributed by atoms with Crippen molar-refractivity contribution in [3.8, 4) is 0 Å². The summed E-state index contributed by atoms with van der Waals surface area (Å²) in [5, 5.41) is 0. The molecule has 1 saturated heterocycles. The largest absolute Gasteiger partial charge is 0.429 e. The number of anilines is 1. The molecule has 1 aliphatic rings. The molecule has 2 heterocycles. The Hall–Kier alpha value is -1.03. The first-order valence-corrected chi connectivity index (χ1v) is 5.21. The van der Waals surface area contributed by atoms with Crippen molar-refractivity contribution in [1.29, 1.82) is 0 Å². The molecule has 14 heavy (non-hydrogen) atoms. The van der Waals surface area contributed by atoms with Crippen molar-refractivity contribution in [3.05, 3.63) is 12.0 Å². The lowest BCUT2D eigenvalue weighted by atomic mass is 10.2. The number of nitrogens with zero attached hydrogens (tertiary/aromatic N) is 2.